The van der Waals surface area contributed by atoms with E-state index in [1.165, 1.54) is 5.56 Å². The molecule has 7 nitrogen and oxygen atoms in total. The zero-order chi connectivity index (χ0) is 21.8. The Labute approximate surface area is 197 Å². The van der Waals surface area contributed by atoms with Gasteiger partial charge in [0.2, 0.25) is 5.95 Å². The lowest BCUT2D eigenvalue weighted by molar-refractivity contribution is -0.0862. The van der Waals surface area contributed by atoms with Crippen molar-refractivity contribution in [2.45, 2.75) is 56.7 Å². The average molecular weight is 473 g/mol. The van der Waals surface area contributed by atoms with Gasteiger partial charge < -0.3 is 10.1 Å². The van der Waals surface area contributed by atoms with Gasteiger partial charge in [0.05, 0.1) is 42.7 Å². The maximum absolute atomic E-state index is 6.72. The van der Waals surface area contributed by atoms with E-state index in [0.29, 0.717) is 35.1 Å². The molecular weight excluding hydrogens is 447 g/mol. The van der Waals surface area contributed by atoms with E-state index in [1.54, 1.807) is 12.4 Å². The van der Waals surface area contributed by atoms with Crippen molar-refractivity contribution in [2.24, 2.45) is 0 Å². The van der Waals surface area contributed by atoms with Gasteiger partial charge >= 0.3 is 0 Å². The van der Waals surface area contributed by atoms with Gasteiger partial charge in [-0.05, 0) is 62.8 Å². The molecule has 3 fully saturated rings. The smallest absolute Gasteiger partial charge is 0.227 e. The molecular formula is C23H26Cl2N6O. The number of halogens is 2. The molecule has 168 valence electrons. The summed E-state index contributed by atoms with van der Waals surface area (Å²) in [6.45, 7) is 5.12. The molecule has 0 radical (unpaired) electrons. The normalized spacial score (nSPS) is 24.6. The molecule has 2 atom stereocenters. The Balaban J connectivity index is 1.24. The molecule has 3 aliphatic rings. The fourth-order valence-corrected chi connectivity index (χ4v) is 5.60. The Morgan fingerprint density at radius 1 is 1.09 bits per heavy atom. The van der Waals surface area contributed by atoms with E-state index < -0.39 is 0 Å². The molecule has 0 amide bonds. The molecule has 0 spiro atoms. The van der Waals surface area contributed by atoms with Gasteiger partial charge in [0.25, 0.3) is 0 Å². The Bertz CT molecular complexity index is 1160. The number of hydrogen-bond acceptors (Lipinski definition) is 6. The molecule has 1 N–H and O–H groups in total. The van der Waals surface area contributed by atoms with Gasteiger partial charge in [-0.1, -0.05) is 23.2 Å². The van der Waals surface area contributed by atoms with Gasteiger partial charge in [-0.2, -0.15) is 5.10 Å². The summed E-state index contributed by atoms with van der Waals surface area (Å²) in [5, 5.41) is 9.96. The van der Waals surface area contributed by atoms with E-state index in [-0.39, 0.29) is 0 Å². The highest BCUT2D eigenvalue weighted by atomic mass is 35.5. The number of aromatic nitrogens is 4. The zero-order valence-corrected chi connectivity index (χ0v) is 19.5. The first-order valence-corrected chi connectivity index (χ1v) is 12.1. The highest BCUT2D eigenvalue weighted by Crippen LogP contribution is 2.40. The second-order valence-electron chi connectivity index (χ2n) is 9.28. The minimum absolute atomic E-state index is 0.422. The molecule has 2 aromatic heterocycles. The van der Waals surface area contributed by atoms with Crippen molar-refractivity contribution < 1.29 is 4.74 Å². The molecule has 1 unspecified atom stereocenters. The Kier molecular flexibility index (Phi) is 5.25. The van der Waals surface area contributed by atoms with E-state index in [1.807, 2.05) is 10.7 Å². The van der Waals surface area contributed by atoms with Crippen LogP contribution in [-0.2, 0) is 4.74 Å². The SMILES string of the molecule is C[C@@H]1CC(c2cc3nc(Nc4cnn(C5CC5)c4Cl)ncc3cc2Cl)CCN1C1COC1. The first-order chi connectivity index (χ1) is 15.6. The Morgan fingerprint density at radius 2 is 1.94 bits per heavy atom. The summed E-state index contributed by atoms with van der Waals surface area (Å²) in [6.07, 6.45) is 7.99. The van der Waals surface area contributed by atoms with Crippen molar-refractivity contribution in [3.05, 3.63) is 40.3 Å². The van der Waals surface area contributed by atoms with Gasteiger partial charge in [-0.25, -0.2) is 14.6 Å². The molecule has 1 saturated carbocycles. The summed E-state index contributed by atoms with van der Waals surface area (Å²) in [4.78, 5) is 11.8. The van der Waals surface area contributed by atoms with Crippen LogP contribution in [0.1, 0.15) is 50.1 Å². The number of benzene rings is 1. The largest absolute Gasteiger partial charge is 0.378 e. The van der Waals surface area contributed by atoms with Crippen LogP contribution in [0.5, 0.6) is 0 Å². The molecule has 9 heteroatoms. The number of nitrogens with one attached hydrogen (secondary N) is 1. The van der Waals surface area contributed by atoms with Crippen molar-refractivity contribution in [3.63, 3.8) is 0 Å². The van der Waals surface area contributed by atoms with Crippen LogP contribution < -0.4 is 5.32 Å². The number of nitrogens with zero attached hydrogens (tertiary/aromatic N) is 5. The predicted molar refractivity (Wildman–Crippen MR) is 126 cm³/mol. The molecule has 4 heterocycles. The van der Waals surface area contributed by atoms with Crippen molar-refractivity contribution in [3.8, 4) is 0 Å². The first kappa shape index (κ1) is 20.7. The summed E-state index contributed by atoms with van der Waals surface area (Å²) in [6, 6.07) is 5.65. The molecule has 1 aliphatic carbocycles. The van der Waals surface area contributed by atoms with Gasteiger partial charge in [-0.3, -0.25) is 4.90 Å². The maximum atomic E-state index is 6.72. The quantitative estimate of drug-likeness (QED) is 0.551. The lowest BCUT2D eigenvalue weighted by Crippen LogP contribution is -2.55. The topological polar surface area (TPSA) is 68.1 Å². The summed E-state index contributed by atoms with van der Waals surface area (Å²) in [5.74, 6) is 0.938. The van der Waals surface area contributed by atoms with E-state index in [4.69, 9.17) is 32.9 Å². The van der Waals surface area contributed by atoms with Crippen molar-refractivity contribution >= 4 is 45.7 Å². The average Bonchev–Trinajstić information content (AvgIpc) is 3.52. The third-order valence-corrected chi connectivity index (χ3v) is 7.73. The van der Waals surface area contributed by atoms with Crippen LogP contribution in [0.15, 0.2) is 24.5 Å². The van der Waals surface area contributed by atoms with Crippen LogP contribution >= 0.6 is 23.2 Å². The van der Waals surface area contributed by atoms with Crippen molar-refractivity contribution in [1.29, 1.82) is 0 Å². The van der Waals surface area contributed by atoms with E-state index in [9.17, 15) is 0 Å². The lowest BCUT2D eigenvalue weighted by atomic mass is 9.84. The fourth-order valence-electron chi connectivity index (χ4n) is 5.00. The Hall–Kier alpha value is -1.93. The minimum Gasteiger partial charge on any atom is -0.378 e. The molecule has 2 saturated heterocycles. The van der Waals surface area contributed by atoms with Crippen LogP contribution in [0.25, 0.3) is 10.9 Å². The predicted octanol–water partition coefficient (Wildman–Crippen LogP) is 5.18. The number of likely N-dealkylation sites (tertiary alicyclic amines) is 1. The second-order valence-corrected chi connectivity index (χ2v) is 10.0. The van der Waals surface area contributed by atoms with E-state index in [0.717, 1.165) is 67.1 Å². The summed E-state index contributed by atoms with van der Waals surface area (Å²) in [5.41, 5.74) is 2.79. The van der Waals surface area contributed by atoms with Crippen LogP contribution in [0.2, 0.25) is 10.2 Å². The molecule has 2 aliphatic heterocycles. The van der Waals surface area contributed by atoms with Gasteiger partial charge in [0.1, 0.15) is 0 Å². The van der Waals surface area contributed by atoms with Crippen LogP contribution in [0.3, 0.4) is 0 Å². The third kappa shape index (κ3) is 3.75. The molecule has 6 rings (SSSR count). The summed E-state index contributed by atoms with van der Waals surface area (Å²) >= 11 is 13.2. The maximum Gasteiger partial charge on any atom is 0.227 e. The first-order valence-electron chi connectivity index (χ1n) is 11.4. The van der Waals surface area contributed by atoms with E-state index >= 15 is 0 Å². The minimum atomic E-state index is 0.422. The third-order valence-electron chi connectivity index (χ3n) is 7.03. The molecule has 3 aromatic rings. The monoisotopic (exact) mass is 472 g/mol. The number of hydrogen-bond donors (Lipinski definition) is 1. The standard InChI is InChI=1S/C23H26Cl2N6O/c1-13-6-14(4-5-30(13)17-11-32-12-17)18-8-20-15(7-19(18)24)9-26-23(28-20)29-21-10-27-31(22(21)25)16-2-3-16/h7-10,13-14,16-17H,2-6,11-12H2,1H3,(H,26,28,29)/t13-,14?/m1/s1. The van der Waals surface area contributed by atoms with Crippen LogP contribution in [-0.4, -0.2) is 56.5 Å². The summed E-state index contributed by atoms with van der Waals surface area (Å²) in [7, 11) is 0. The van der Waals surface area contributed by atoms with Crippen molar-refractivity contribution in [1.82, 2.24) is 24.6 Å². The molecule has 32 heavy (non-hydrogen) atoms. The molecule has 1 aromatic carbocycles. The number of ether oxygens (including phenoxy) is 1. The van der Waals surface area contributed by atoms with Crippen molar-refractivity contribution in [2.75, 3.05) is 25.1 Å². The van der Waals surface area contributed by atoms with E-state index in [2.05, 4.69) is 33.3 Å². The number of piperidine rings is 1. The summed E-state index contributed by atoms with van der Waals surface area (Å²) < 4.78 is 7.26. The highest BCUT2D eigenvalue weighted by molar-refractivity contribution is 6.32. The highest BCUT2D eigenvalue weighted by Gasteiger charge is 2.35. The van der Waals surface area contributed by atoms with Crippen LogP contribution in [0.4, 0.5) is 11.6 Å². The van der Waals surface area contributed by atoms with Gasteiger partial charge in [0.15, 0.2) is 5.15 Å². The van der Waals surface area contributed by atoms with Gasteiger partial charge in [0, 0.05) is 22.6 Å². The second kappa shape index (κ2) is 8.13. The van der Waals surface area contributed by atoms with Gasteiger partial charge in [-0.15, -0.1) is 0 Å². The Morgan fingerprint density at radius 3 is 2.66 bits per heavy atom. The number of rotatable bonds is 5. The lowest BCUT2D eigenvalue weighted by Gasteiger charge is -2.45. The zero-order valence-electron chi connectivity index (χ0n) is 18.0. The number of fused-ring (bicyclic) bond motifs is 1. The van der Waals surface area contributed by atoms with Crippen LogP contribution in [0, 0.1) is 0 Å². The number of anilines is 2. The molecule has 0 bridgehead atoms. The fraction of sp³-hybridized carbons (Fsp3) is 0.522.